The van der Waals surface area contributed by atoms with E-state index in [-0.39, 0.29) is 5.91 Å². The highest BCUT2D eigenvalue weighted by molar-refractivity contribution is 7.99. The van der Waals surface area contributed by atoms with Crippen LogP contribution >= 0.6 is 11.8 Å². The summed E-state index contributed by atoms with van der Waals surface area (Å²) in [4.78, 5) is 23.3. The third-order valence-electron chi connectivity index (χ3n) is 4.62. The third-order valence-corrected chi connectivity index (χ3v) is 5.55. The van der Waals surface area contributed by atoms with Gasteiger partial charge in [0.05, 0.1) is 12.4 Å². The highest BCUT2D eigenvalue weighted by Gasteiger charge is 2.23. The van der Waals surface area contributed by atoms with Crippen LogP contribution in [0.5, 0.6) is 5.75 Å². The van der Waals surface area contributed by atoms with Crippen molar-refractivity contribution in [3.63, 3.8) is 0 Å². The van der Waals surface area contributed by atoms with Crippen LogP contribution in [-0.4, -0.2) is 41.3 Å². The molecule has 2 aromatic rings. The van der Waals surface area contributed by atoms with Crippen molar-refractivity contribution in [2.45, 2.75) is 32.2 Å². The van der Waals surface area contributed by atoms with Crippen molar-refractivity contribution in [1.29, 1.82) is 0 Å². The molecule has 3 rings (SSSR count). The number of aromatic nitrogens is 2. The van der Waals surface area contributed by atoms with Crippen LogP contribution in [0.3, 0.4) is 0 Å². The molecule has 28 heavy (non-hydrogen) atoms. The zero-order chi connectivity index (χ0) is 19.9. The highest BCUT2D eigenvalue weighted by Crippen LogP contribution is 2.27. The van der Waals surface area contributed by atoms with Crippen LogP contribution in [0.25, 0.3) is 0 Å². The number of amides is 1. The molecule has 0 unspecified atom stereocenters. The zero-order valence-corrected chi connectivity index (χ0v) is 17.5. The summed E-state index contributed by atoms with van der Waals surface area (Å²) in [5, 5.41) is 3.72. The molecule has 1 aromatic heterocycles. The van der Waals surface area contributed by atoms with Gasteiger partial charge in [0, 0.05) is 24.8 Å². The second-order valence-corrected chi connectivity index (χ2v) is 8.36. The Hall–Kier alpha value is -2.28. The van der Waals surface area contributed by atoms with E-state index < -0.39 is 0 Å². The molecule has 1 aromatic carbocycles. The molecule has 0 radical (unpaired) electrons. The van der Waals surface area contributed by atoms with E-state index in [0.29, 0.717) is 24.2 Å². The van der Waals surface area contributed by atoms with E-state index in [1.54, 1.807) is 6.33 Å². The fraction of sp³-hybridized carbons (Fsp3) is 0.476. The summed E-state index contributed by atoms with van der Waals surface area (Å²) in [6.07, 6.45) is 2.85. The van der Waals surface area contributed by atoms with Crippen LogP contribution in [0.15, 0.2) is 41.7 Å². The Labute approximate surface area is 171 Å². The standard InChI is InChI=1S/C21H28N4O2S/c1-4-27-18-7-5-17(6-8-18)24-20(26)13-28-21-10-19(22-14-23-21)25-11-15(2)9-16(3)12-25/h5-8,10,14-16H,4,9,11-13H2,1-3H3,(H,24,26)/t15-,16+. The van der Waals surface area contributed by atoms with E-state index in [1.165, 1.54) is 18.2 Å². The lowest BCUT2D eigenvalue weighted by atomic mass is 9.92. The molecule has 1 fully saturated rings. The number of thioether (sulfide) groups is 1. The second-order valence-electron chi connectivity index (χ2n) is 7.36. The molecule has 150 valence electrons. The number of benzene rings is 1. The number of anilines is 2. The zero-order valence-electron chi connectivity index (χ0n) is 16.7. The molecule has 0 spiro atoms. The number of hydrogen-bond donors (Lipinski definition) is 1. The van der Waals surface area contributed by atoms with Crippen molar-refractivity contribution in [1.82, 2.24) is 9.97 Å². The predicted octanol–water partition coefficient (Wildman–Crippen LogP) is 4.09. The van der Waals surface area contributed by atoms with Gasteiger partial charge in [-0.3, -0.25) is 4.79 Å². The van der Waals surface area contributed by atoms with E-state index in [0.717, 1.165) is 35.4 Å². The maximum atomic E-state index is 12.3. The molecule has 1 saturated heterocycles. The number of ether oxygens (including phenoxy) is 1. The molecule has 1 amide bonds. The fourth-order valence-electron chi connectivity index (χ4n) is 3.57. The number of rotatable bonds is 7. The van der Waals surface area contributed by atoms with Crippen LogP contribution in [0.2, 0.25) is 0 Å². The first-order valence-corrected chi connectivity index (χ1v) is 10.7. The van der Waals surface area contributed by atoms with Gasteiger partial charge >= 0.3 is 0 Å². The summed E-state index contributed by atoms with van der Waals surface area (Å²) < 4.78 is 5.41. The summed E-state index contributed by atoms with van der Waals surface area (Å²) in [5.41, 5.74) is 0.758. The van der Waals surface area contributed by atoms with Crippen molar-refractivity contribution in [2.24, 2.45) is 11.8 Å². The second kappa shape index (κ2) is 9.78. The molecular formula is C21H28N4O2S. The minimum Gasteiger partial charge on any atom is -0.494 e. The van der Waals surface area contributed by atoms with Gasteiger partial charge in [-0.25, -0.2) is 9.97 Å². The Morgan fingerprint density at radius 2 is 1.93 bits per heavy atom. The van der Waals surface area contributed by atoms with E-state index in [9.17, 15) is 4.79 Å². The fourth-order valence-corrected chi connectivity index (χ4v) is 4.23. The van der Waals surface area contributed by atoms with Crippen LogP contribution in [0.1, 0.15) is 27.2 Å². The lowest BCUT2D eigenvalue weighted by Crippen LogP contribution is -2.39. The SMILES string of the molecule is CCOc1ccc(NC(=O)CSc2cc(N3C[C@H](C)C[C@H](C)C3)ncn2)cc1. The Morgan fingerprint density at radius 1 is 1.21 bits per heavy atom. The Balaban J connectivity index is 1.53. The lowest BCUT2D eigenvalue weighted by molar-refractivity contribution is -0.113. The van der Waals surface area contributed by atoms with Gasteiger partial charge in [0.25, 0.3) is 0 Å². The molecule has 1 aliphatic rings. The van der Waals surface area contributed by atoms with E-state index in [1.807, 2.05) is 37.3 Å². The molecule has 2 atom stereocenters. The average molecular weight is 401 g/mol. The third kappa shape index (κ3) is 5.86. The monoisotopic (exact) mass is 400 g/mol. The first kappa shape index (κ1) is 20.5. The summed E-state index contributed by atoms with van der Waals surface area (Å²) in [6, 6.07) is 9.37. The maximum Gasteiger partial charge on any atom is 0.234 e. The average Bonchev–Trinajstić information content (AvgIpc) is 2.68. The molecule has 0 saturated carbocycles. The molecule has 0 aliphatic carbocycles. The highest BCUT2D eigenvalue weighted by atomic mass is 32.2. The quantitative estimate of drug-likeness (QED) is 0.558. The maximum absolute atomic E-state index is 12.3. The van der Waals surface area contributed by atoms with Gasteiger partial charge in [0.15, 0.2) is 0 Å². The molecule has 6 nitrogen and oxygen atoms in total. The van der Waals surface area contributed by atoms with Gasteiger partial charge < -0.3 is 15.0 Å². The van der Waals surface area contributed by atoms with Gasteiger partial charge in [-0.1, -0.05) is 25.6 Å². The summed E-state index contributed by atoms with van der Waals surface area (Å²) >= 11 is 1.42. The van der Waals surface area contributed by atoms with E-state index >= 15 is 0 Å². The molecule has 0 bridgehead atoms. The van der Waals surface area contributed by atoms with Crippen LogP contribution in [-0.2, 0) is 4.79 Å². The first-order chi connectivity index (χ1) is 13.5. The van der Waals surface area contributed by atoms with Crippen LogP contribution in [0, 0.1) is 11.8 Å². The van der Waals surface area contributed by atoms with Gasteiger partial charge in [0.2, 0.25) is 5.91 Å². The van der Waals surface area contributed by atoms with Crippen molar-refractivity contribution >= 4 is 29.2 Å². The van der Waals surface area contributed by atoms with Crippen molar-refractivity contribution in [3.05, 3.63) is 36.7 Å². The minimum atomic E-state index is -0.0606. The largest absolute Gasteiger partial charge is 0.494 e. The summed E-state index contributed by atoms with van der Waals surface area (Å²) in [5.74, 6) is 3.31. The van der Waals surface area contributed by atoms with Gasteiger partial charge in [-0.2, -0.15) is 0 Å². The number of hydrogen-bond acceptors (Lipinski definition) is 6. The Bertz CT molecular complexity index is 774. The van der Waals surface area contributed by atoms with Gasteiger partial charge in [-0.15, -0.1) is 0 Å². The van der Waals surface area contributed by atoms with Gasteiger partial charge in [-0.05, 0) is 49.4 Å². The number of carbonyl (C=O) groups is 1. The molecule has 1 aliphatic heterocycles. The Morgan fingerprint density at radius 3 is 2.61 bits per heavy atom. The molecular weight excluding hydrogens is 372 g/mol. The summed E-state index contributed by atoms with van der Waals surface area (Å²) in [6.45, 7) is 9.17. The van der Waals surface area contributed by atoms with Crippen LogP contribution < -0.4 is 15.0 Å². The lowest BCUT2D eigenvalue weighted by Gasteiger charge is -2.35. The van der Waals surface area contributed by atoms with Crippen molar-refractivity contribution in [3.8, 4) is 5.75 Å². The van der Waals surface area contributed by atoms with Crippen LogP contribution in [0.4, 0.5) is 11.5 Å². The summed E-state index contributed by atoms with van der Waals surface area (Å²) in [7, 11) is 0. The molecule has 2 heterocycles. The first-order valence-electron chi connectivity index (χ1n) is 9.76. The van der Waals surface area contributed by atoms with Crippen molar-refractivity contribution in [2.75, 3.05) is 35.7 Å². The predicted molar refractivity (Wildman–Crippen MR) is 114 cm³/mol. The number of piperidine rings is 1. The van der Waals surface area contributed by atoms with Crippen molar-refractivity contribution < 1.29 is 9.53 Å². The Kier molecular flexibility index (Phi) is 7.14. The topological polar surface area (TPSA) is 67.3 Å². The van der Waals surface area contributed by atoms with E-state index in [2.05, 4.69) is 34.0 Å². The number of nitrogens with zero attached hydrogens (tertiary/aromatic N) is 3. The number of carbonyl (C=O) groups excluding carboxylic acids is 1. The smallest absolute Gasteiger partial charge is 0.234 e. The molecule has 7 heteroatoms. The van der Waals surface area contributed by atoms with Gasteiger partial charge in [0.1, 0.15) is 22.9 Å². The minimum absolute atomic E-state index is 0.0606. The van der Waals surface area contributed by atoms with E-state index in [4.69, 9.17) is 4.74 Å². The number of nitrogens with one attached hydrogen (secondary N) is 1. The normalized spacial score (nSPS) is 19.3. The molecule has 1 N–H and O–H groups in total.